The van der Waals surface area contributed by atoms with E-state index in [9.17, 15) is 0 Å². The third-order valence-electron chi connectivity index (χ3n) is 2.84. The summed E-state index contributed by atoms with van der Waals surface area (Å²) >= 11 is 5.81. The quantitative estimate of drug-likeness (QED) is 0.588. The third kappa shape index (κ3) is 5.87. The lowest BCUT2D eigenvalue weighted by Crippen LogP contribution is -2.23. The molecule has 0 saturated carbocycles. The van der Waals surface area contributed by atoms with E-state index in [1.807, 2.05) is 0 Å². The lowest BCUT2D eigenvalue weighted by Gasteiger charge is -2.25. The molecule has 0 amide bonds. The molecule has 0 aromatic carbocycles. The van der Waals surface area contributed by atoms with Crippen molar-refractivity contribution in [1.82, 2.24) is 9.97 Å². The molecular weight excluding hydrogens is 234 g/mol. The first-order valence-corrected chi connectivity index (χ1v) is 6.63. The van der Waals surface area contributed by atoms with Crippen LogP contribution in [0.25, 0.3) is 0 Å². The van der Waals surface area contributed by atoms with Gasteiger partial charge in [0.15, 0.2) is 0 Å². The highest BCUT2D eigenvalue weighted by atomic mass is 35.5. The Morgan fingerprint density at radius 1 is 1.29 bits per heavy atom. The van der Waals surface area contributed by atoms with Gasteiger partial charge in [0.1, 0.15) is 17.3 Å². The van der Waals surface area contributed by atoms with Gasteiger partial charge in [-0.1, -0.05) is 51.6 Å². The molecular formula is C13H22ClN3. The summed E-state index contributed by atoms with van der Waals surface area (Å²) in [6.07, 6.45) is 6.57. The van der Waals surface area contributed by atoms with Crippen LogP contribution in [0.4, 0.5) is 5.82 Å². The summed E-state index contributed by atoms with van der Waals surface area (Å²) in [7, 11) is 0. The molecule has 0 aliphatic carbocycles. The molecule has 0 fully saturated rings. The van der Waals surface area contributed by atoms with Crippen molar-refractivity contribution in [1.29, 1.82) is 0 Å². The van der Waals surface area contributed by atoms with E-state index in [0.29, 0.717) is 5.15 Å². The van der Waals surface area contributed by atoms with Crippen molar-refractivity contribution in [3.63, 3.8) is 0 Å². The number of halogens is 1. The van der Waals surface area contributed by atoms with E-state index in [1.165, 1.54) is 32.0 Å². The van der Waals surface area contributed by atoms with Crippen molar-refractivity contribution in [3.05, 3.63) is 17.5 Å². The number of hydrogen-bond donors (Lipinski definition) is 1. The highest BCUT2D eigenvalue weighted by molar-refractivity contribution is 6.29. The van der Waals surface area contributed by atoms with Crippen LogP contribution in [0.5, 0.6) is 0 Å². The van der Waals surface area contributed by atoms with Crippen molar-refractivity contribution in [3.8, 4) is 0 Å². The second-order valence-electron chi connectivity index (χ2n) is 5.20. The highest BCUT2D eigenvalue weighted by Crippen LogP contribution is 2.24. The molecule has 0 bridgehead atoms. The van der Waals surface area contributed by atoms with E-state index in [0.717, 1.165) is 12.4 Å². The number of hydrogen-bond acceptors (Lipinski definition) is 3. The van der Waals surface area contributed by atoms with Crippen LogP contribution in [-0.2, 0) is 0 Å². The lowest BCUT2D eigenvalue weighted by molar-refractivity contribution is 0.342. The van der Waals surface area contributed by atoms with Crippen LogP contribution in [0.1, 0.15) is 46.5 Å². The second-order valence-corrected chi connectivity index (χ2v) is 5.59. The van der Waals surface area contributed by atoms with E-state index in [2.05, 4.69) is 36.1 Å². The number of anilines is 1. The van der Waals surface area contributed by atoms with Crippen LogP contribution >= 0.6 is 11.6 Å². The van der Waals surface area contributed by atoms with Crippen LogP contribution < -0.4 is 5.32 Å². The topological polar surface area (TPSA) is 37.8 Å². The zero-order valence-electron chi connectivity index (χ0n) is 11.0. The number of nitrogens with zero attached hydrogens (tertiary/aromatic N) is 2. The van der Waals surface area contributed by atoms with Crippen LogP contribution in [-0.4, -0.2) is 16.5 Å². The monoisotopic (exact) mass is 255 g/mol. The minimum atomic E-state index is 0.284. The summed E-state index contributed by atoms with van der Waals surface area (Å²) in [5.41, 5.74) is 0.284. The van der Waals surface area contributed by atoms with Gasteiger partial charge < -0.3 is 5.32 Å². The molecule has 1 N–H and O–H groups in total. The van der Waals surface area contributed by atoms with E-state index in [-0.39, 0.29) is 5.41 Å². The van der Waals surface area contributed by atoms with Crippen molar-refractivity contribution < 1.29 is 0 Å². The van der Waals surface area contributed by atoms with E-state index >= 15 is 0 Å². The largest absolute Gasteiger partial charge is 0.369 e. The maximum atomic E-state index is 5.81. The molecule has 96 valence electrons. The summed E-state index contributed by atoms with van der Waals surface area (Å²) in [4.78, 5) is 7.99. The van der Waals surface area contributed by atoms with Crippen LogP contribution in [0.2, 0.25) is 5.15 Å². The Balaban J connectivity index is 2.38. The van der Waals surface area contributed by atoms with Gasteiger partial charge in [-0.15, -0.1) is 0 Å². The Kier molecular flexibility index (Phi) is 5.69. The third-order valence-corrected chi connectivity index (χ3v) is 3.05. The number of rotatable bonds is 7. The number of nitrogens with one attached hydrogen (secondary N) is 1. The summed E-state index contributed by atoms with van der Waals surface area (Å²) in [5.74, 6) is 0.800. The number of aromatic nitrogens is 2. The highest BCUT2D eigenvalue weighted by Gasteiger charge is 2.17. The SMILES string of the molecule is CCCCCC(C)(C)CNc1cc(Cl)ncn1. The molecule has 3 nitrogen and oxygen atoms in total. The molecule has 1 heterocycles. The van der Waals surface area contributed by atoms with Crippen LogP contribution in [0.3, 0.4) is 0 Å². The molecule has 0 aliphatic heterocycles. The molecule has 0 saturated heterocycles. The minimum Gasteiger partial charge on any atom is -0.369 e. The van der Waals surface area contributed by atoms with Gasteiger partial charge in [-0.05, 0) is 11.8 Å². The first-order chi connectivity index (χ1) is 8.03. The molecule has 0 unspecified atom stereocenters. The summed E-state index contributed by atoms with van der Waals surface area (Å²) in [5, 5.41) is 3.80. The van der Waals surface area contributed by atoms with E-state index in [4.69, 9.17) is 11.6 Å². The van der Waals surface area contributed by atoms with Gasteiger partial charge in [-0.2, -0.15) is 0 Å². The standard InChI is InChI=1S/C13H22ClN3/c1-4-5-6-7-13(2,3)9-15-12-8-11(14)16-10-17-12/h8,10H,4-7,9H2,1-3H3,(H,15,16,17). The Morgan fingerprint density at radius 2 is 2.06 bits per heavy atom. The van der Waals surface area contributed by atoms with Crippen molar-refractivity contribution in [2.24, 2.45) is 5.41 Å². The molecule has 1 aromatic heterocycles. The zero-order chi connectivity index (χ0) is 12.7. The number of unbranched alkanes of at least 4 members (excludes halogenated alkanes) is 2. The van der Waals surface area contributed by atoms with Gasteiger partial charge in [0.25, 0.3) is 0 Å². The van der Waals surface area contributed by atoms with E-state index < -0.39 is 0 Å². The fourth-order valence-corrected chi connectivity index (χ4v) is 1.85. The van der Waals surface area contributed by atoms with E-state index in [1.54, 1.807) is 6.07 Å². The Bertz CT molecular complexity index is 339. The molecule has 4 heteroatoms. The molecule has 0 radical (unpaired) electrons. The summed E-state index contributed by atoms with van der Waals surface area (Å²) in [6.45, 7) is 7.69. The molecule has 0 atom stereocenters. The maximum absolute atomic E-state index is 5.81. The van der Waals surface area contributed by atoms with Gasteiger partial charge in [0.2, 0.25) is 0 Å². The fourth-order valence-electron chi connectivity index (χ4n) is 1.70. The van der Waals surface area contributed by atoms with Gasteiger partial charge in [-0.25, -0.2) is 9.97 Å². The molecule has 17 heavy (non-hydrogen) atoms. The second kappa shape index (κ2) is 6.80. The van der Waals surface area contributed by atoms with Gasteiger partial charge >= 0.3 is 0 Å². The van der Waals surface area contributed by atoms with Crippen molar-refractivity contribution >= 4 is 17.4 Å². The first kappa shape index (κ1) is 14.2. The smallest absolute Gasteiger partial charge is 0.134 e. The molecule has 0 aliphatic rings. The predicted octanol–water partition coefficient (Wildman–Crippen LogP) is 4.15. The summed E-state index contributed by atoms with van der Waals surface area (Å²) in [6, 6.07) is 1.75. The predicted molar refractivity (Wildman–Crippen MR) is 73.5 cm³/mol. The molecule has 1 aromatic rings. The van der Waals surface area contributed by atoms with Gasteiger partial charge in [0, 0.05) is 12.6 Å². The van der Waals surface area contributed by atoms with Crippen LogP contribution in [0, 0.1) is 5.41 Å². The average Bonchev–Trinajstić information content (AvgIpc) is 2.27. The van der Waals surface area contributed by atoms with Gasteiger partial charge in [-0.3, -0.25) is 0 Å². The van der Waals surface area contributed by atoms with Gasteiger partial charge in [0.05, 0.1) is 0 Å². The van der Waals surface area contributed by atoms with Crippen molar-refractivity contribution in [2.75, 3.05) is 11.9 Å². The normalized spacial score (nSPS) is 11.5. The fraction of sp³-hybridized carbons (Fsp3) is 0.692. The lowest BCUT2D eigenvalue weighted by atomic mass is 9.87. The minimum absolute atomic E-state index is 0.284. The molecule has 1 rings (SSSR count). The van der Waals surface area contributed by atoms with Crippen LogP contribution in [0.15, 0.2) is 12.4 Å². The summed E-state index contributed by atoms with van der Waals surface area (Å²) < 4.78 is 0. The zero-order valence-corrected chi connectivity index (χ0v) is 11.7. The van der Waals surface area contributed by atoms with Crippen molar-refractivity contribution in [2.45, 2.75) is 46.5 Å². The first-order valence-electron chi connectivity index (χ1n) is 6.25. The Labute approximate surface area is 109 Å². The maximum Gasteiger partial charge on any atom is 0.134 e. The Hall–Kier alpha value is -0.830. The molecule has 0 spiro atoms. The Morgan fingerprint density at radius 3 is 2.71 bits per heavy atom. The average molecular weight is 256 g/mol.